The summed E-state index contributed by atoms with van der Waals surface area (Å²) in [6.45, 7) is 1.03. The summed E-state index contributed by atoms with van der Waals surface area (Å²) in [6.07, 6.45) is -3.45. The van der Waals surface area contributed by atoms with E-state index in [4.69, 9.17) is 11.6 Å². The molecule has 0 radical (unpaired) electrons. The first-order chi connectivity index (χ1) is 9.70. The largest absolute Gasteiger partial charge is 0.417 e. The highest BCUT2D eigenvalue weighted by Crippen LogP contribution is 2.36. The van der Waals surface area contributed by atoms with Crippen LogP contribution in [0.2, 0.25) is 5.02 Å². The zero-order valence-corrected chi connectivity index (χ0v) is 12.4. The lowest BCUT2D eigenvalue weighted by Gasteiger charge is -2.23. The van der Waals surface area contributed by atoms with Gasteiger partial charge in [-0.15, -0.1) is 0 Å². The molecule has 0 saturated carbocycles. The van der Waals surface area contributed by atoms with Gasteiger partial charge in [-0.05, 0) is 37.6 Å². The molecule has 0 amide bonds. The van der Waals surface area contributed by atoms with Crippen molar-refractivity contribution in [2.24, 2.45) is 0 Å². The van der Waals surface area contributed by atoms with Crippen LogP contribution in [0.3, 0.4) is 0 Å². The quantitative estimate of drug-likeness (QED) is 0.888. The van der Waals surface area contributed by atoms with Crippen LogP contribution >= 0.6 is 11.6 Å². The molecule has 9 heteroatoms. The van der Waals surface area contributed by atoms with Crippen LogP contribution in [0.4, 0.5) is 18.9 Å². The zero-order chi connectivity index (χ0) is 15.7. The van der Waals surface area contributed by atoms with Crippen LogP contribution < -0.4 is 10.0 Å². The minimum absolute atomic E-state index is 0.141. The molecule has 0 bridgehead atoms. The van der Waals surface area contributed by atoms with Crippen molar-refractivity contribution in [1.29, 1.82) is 0 Å². The number of anilines is 1. The Morgan fingerprint density at radius 1 is 1.33 bits per heavy atom. The van der Waals surface area contributed by atoms with Gasteiger partial charge in [0.15, 0.2) is 0 Å². The van der Waals surface area contributed by atoms with Crippen molar-refractivity contribution in [2.75, 3.05) is 17.8 Å². The van der Waals surface area contributed by atoms with E-state index in [1.54, 1.807) is 0 Å². The molecule has 1 unspecified atom stereocenters. The smallest absolute Gasteiger partial charge is 0.315 e. The fourth-order valence-electron chi connectivity index (χ4n) is 2.14. The number of rotatable bonds is 3. The van der Waals surface area contributed by atoms with E-state index in [2.05, 4.69) is 10.0 Å². The second kappa shape index (κ2) is 6.02. The SMILES string of the molecule is O=S(=O)(Nc1ccc(Cl)c(C(F)(F)F)c1)C1CCCNC1. The maximum Gasteiger partial charge on any atom is 0.417 e. The first-order valence-corrected chi connectivity index (χ1v) is 8.22. The Morgan fingerprint density at radius 2 is 2.05 bits per heavy atom. The van der Waals surface area contributed by atoms with Gasteiger partial charge < -0.3 is 5.32 Å². The van der Waals surface area contributed by atoms with Gasteiger partial charge in [0.1, 0.15) is 0 Å². The molecule has 118 valence electrons. The molecular weight excluding hydrogens is 329 g/mol. The molecule has 1 fully saturated rings. The molecule has 1 aromatic carbocycles. The third-order valence-electron chi connectivity index (χ3n) is 3.22. The zero-order valence-electron chi connectivity index (χ0n) is 10.9. The second-order valence-corrected chi connectivity index (χ2v) is 7.18. The van der Waals surface area contributed by atoms with Crippen LogP contribution in [-0.2, 0) is 16.2 Å². The Morgan fingerprint density at radius 3 is 2.62 bits per heavy atom. The van der Waals surface area contributed by atoms with Crippen LogP contribution in [-0.4, -0.2) is 26.8 Å². The Kier molecular flexibility index (Phi) is 4.69. The molecule has 1 aliphatic heterocycles. The normalized spacial score (nSPS) is 20.3. The van der Waals surface area contributed by atoms with E-state index in [0.717, 1.165) is 12.6 Å². The summed E-state index contributed by atoms with van der Waals surface area (Å²) in [5.41, 5.74) is -1.21. The Bertz CT molecular complexity index is 613. The molecule has 0 spiro atoms. The van der Waals surface area contributed by atoms with Crippen molar-refractivity contribution in [3.63, 3.8) is 0 Å². The van der Waals surface area contributed by atoms with Gasteiger partial charge in [-0.3, -0.25) is 4.72 Å². The third kappa shape index (κ3) is 4.02. The van der Waals surface area contributed by atoms with E-state index < -0.39 is 32.0 Å². The van der Waals surface area contributed by atoms with Gasteiger partial charge in [0, 0.05) is 12.2 Å². The van der Waals surface area contributed by atoms with Crippen LogP contribution in [0.15, 0.2) is 18.2 Å². The summed E-state index contributed by atoms with van der Waals surface area (Å²) in [6, 6.07) is 2.95. The van der Waals surface area contributed by atoms with Gasteiger partial charge in [-0.1, -0.05) is 11.6 Å². The lowest BCUT2D eigenvalue weighted by atomic mass is 10.2. The Balaban J connectivity index is 2.23. The highest BCUT2D eigenvalue weighted by molar-refractivity contribution is 7.93. The van der Waals surface area contributed by atoms with Crippen molar-refractivity contribution >= 4 is 27.3 Å². The second-order valence-electron chi connectivity index (χ2n) is 4.81. The van der Waals surface area contributed by atoms with Crippen LogP contribution in [0, 0.1) is 0 Å². The molecule has 2 N–H and O–H groups in total. The number of piperidine rings is 1. The molecular formula is C12H14ClF3N2O2S. The van der Waals surface area contributed by atoms with Crippen LogP contribution in [0.1, 0.15) is 18.4 Å². The van der Waals surface area contributed by atoms with Gasteiger partial charge in [-0.2, -0.15) is 13.2 Å². The maximum absolute atomic E-state index is 12.7. The van der Waals surface area contributed by atoms with E-state index in [9.17, 15) is 21.6 Å². The van der Waals surface area contributed by atoms with Gasteiger partial charge in [0.25, 0.3) is 0 Å². The molecule has 2 rings (SSSR count). The van der Waals surface area contributed by atoms with Crippen molar-refractivity contribution in [3.05, 3.63) is 28.8 Å². The van der Waals surface area contributed by atoms with Crippen LogP contribution in [0.25, 0.3) is 0 Å². The molecule has 0 aliphatic carbocycles. The predicted molar refractivity (Wildman–Crippen MR) is 74.9 cm³/mol. The minimum Gasteiger partial charge on any atom is -0.315 e. The van der Waals surface area contributed by atoms with Gasteiger partial charge in [0.2, 0.25) is 10.0 Å². The summed E-state index contributed by atoms with van der Waals surface area (Å²) in [4.78, 5) is 0. The average molecular weight is 343 g/mol. The predicted octanol–water partition coefficient (Wildman–Crippen LogP) is 2.85. The number of hydrogen-bond donors (Lipinski definition) is 2. The van der Waals surface area contributed by atoms with E-state index in [-0.39, 0.29) is 12.2 Å². The lowest BCUT2D eigenvalue weighted by Crippen LogP contribution is -2.41. The molecule has 1 heterocycles. The highest BCUT2D eigenvalue weighted by atomic mass is 35.5. The Labute approximate surface area is 125 Å². The molecule has 1 aliphatic rings. The average Bonchev–Trinajstić information content (AvgIpc) is 2.40. The summed E-state index contributed by atoms with van der Waals surface area (Å²) in [5.74, 6) is 0. The van der Waals surface area contributed by atoms with Crippen molar-refractivity contribution in [1.82, 2.24) is 5.32 Å². The molecule has 0 aromatic heterocycles. The summed E-state index contributed by atoms with van der Waals surface area (Å²) in [5, 5.41) is 1.83. The summed E-state index contributed by atoms with van der Waals surface area (Å²) >= 11 is 5.49. The number of sulfonamides is 1. The maximum atomic E-state index is 12.7. The lowest BCUT2D eigenvalue weighted by molar-refractivity contribution is -0.137. The number of halogens is 4. The number of hydrogen-bond acceptors (Lipinski definition) is 3. The van der Waals surface area contributed by atoms with Gasteiger partial charge in [0.05, 0.1) is 15.8 Å². The monoisotopic (exact) mass is 342 g/mol. The Hall–Kier alpha value is -0.990. The van der Waals surface area contributed by atoms with E-state index in [1.807, 2.05) is 0 Å². The van der Waals surface area contributed by atoms with Gasteiger partial charge >= 0.3 is 6.18 Å². The number of alkyl halides is 3. The molecule has 21 heavy (non-hydrogen) atoms. The fourth-order valence-corrected chi connectivity index (χ4v) is 3.80. The molecule has 1 aromatic rings. The van der Waals surface area contributed by atoms with Crippen LogP contribution in [0.5, 0.6) is 0 Å². The highest BCUT2D eigenvalue weighted by Gasteiger charge is 2.34. The first-order valence-electron chi connectivity index (χ1n) is 6.29. The molecule has 4 nitrogen and oxygen atoms in total. The van der Waals surface area contributed by atoms with Gasteiger partial charge in [-0.25, -0.2) is 8.42 Å². The van der Waals surface area contributed by atoms with Crippen molar-refractivity contribution in [2.45, 2.75) is 24.3 Å². The van der Waals surface area contributed by atoms with Crippen molar-refractivity contribution < 1.29 is 21.6 Å². The molecule has 1 atom stereocenters. The minimum atomic E-state index is -4.63. The third-order valence-corrected chi connectivity index (χ3v) is 5.35. The van der Waals surface area contributed by atoms with Crippen molar-refractivity contribution in [3.8, 4) is 0 Å². The summed E-state index contributed by atoms with van der Waals surface area (Å²) in [7, 11) is -3.73. The molecule has 1 saturated heterocycles. The standard InChI is InChI=1S/C12H14ClF3N2O2S/c13-11-4-3-8(6-10(11)12(14,15)16)18-21(19,20)9-2-1-5-17-7-9/h3-4,6,9,17-18H,1-2,5,7H2. The summed E-state index contributed by atoms with van der Waals surface area (Å²) < 4.78 is 64.7. The topological polar surface area (TPSA) is 58.2 Å². The number of benzene rings is 1. The fraction of sp³-hybridized carbons (Fsp3) is 0.500. The van der Waals surface area contributed by atoms with E-state index in [0.29, 0.717) is 18.9 Å². The van der Waals surface area contributed by atoms with E-state index >= 15 is 0 Å². The number of nitrogens with one attached hydrogen (secondary N) is 2. The first kappa shape index (κ1) is 16.4. The van der Waals surface area contributed by atoms with E-state index in [1.165, 1.54) is 6.07 Å².